The van der Waals surface area contributed by atoms with E-state index in [1.165, 1.54) is 0 Å². The largest absolute Gasteiger partial charge is 0.497 e. The molecule has 3 heterocycles. The number of benzene rings is 1. The van der Waals surface area contributed by atoms with E-state index in [2.05, 4.69) is 20.0 Å². The van der Waals surface area contributed by atoms with E-state index in [1.807, 2.05) is 24.3 Å². The molecule has 14 nitrogen and oxygen atoms in total. The van der Waals surface area contributed by atoms with E-state index in [4.69, 9.17) is 48.4 Å². The Labute approximate surface area is 272 Å². The van der Waals surface area contributed by atoms with Gasteiger partial charge < -0.3 is 48.4 Å². The molecule has 254 valence electrons. The Balaban J connectivity index is 1.89. The number of nitrogens with one attached hydrogen (secondary N) is 1. The highest BCUT2D eigenvalue weighted by Crippen LogP contribution is 2.33. The van der Waals surface area contributed by atoms with Gasteiger partial charge in [-0.3, -0.25) is 0 Å². The Hall–Kier alpha value is -3.56. The molecule has 0 saturated carbocycles. The lowest BCUT2D eigenvalue weighted by Crippen LogP contribution is -2.38. The van der Waals surface area contributed by atoms with Crippen LogP contribution < -0.4 is 24.8 Å². The third kappa shape index (κ3) is 9.48. The molecule has 0 radical (unpaired) electrons. The Kier molecular flexibility index (Phi) is 14.2. The van der Waals surface area contributed by atoms with Crippen LogP contribution in [0.15, 0.2) is 24.3 Å². The van der Waals surface area contributed by atoms with Gasteiger partial charge in [-0.1, -0.05) is 12.1 Å². The van der Waals surface area contributed by atoms with Gasteiger partial charge >= 0.3 is 0 Å². The number of methoxy groups -OCH3 is 6. The first-order valence-corrected chi connectivity index (χ1v) is 15.7. The summed E-state index contributed by atoms with van der Waals surface area (Å²) in [7, 11) is 10.2. The van der Waals surface area contributed by atoms with Gasteiger partial charge in [0.2, 0.25) is 11.9 Å². The summed E-state index contributed by atoms with van der Waals surface area (Å²) in [6.07, 6.45) is 2.00. The molecule has 2 aromatic heterocycles. The van der Waals surface area contributed by atoms with Gasteiger partial charge in [0.05, 0.1) is 39.6 Å². The predicted molar refractivity (Wildman–Crippen MR) is 180 cm³/mol. The smallest absolute Gasteiger partial charge is 0.228 e. The highest BCUT2D eigenvalue weighted by molar-refractivity contribution is 5.95. The first kappa shape index (κ1) is 35.3. The molecule has 1 N–H and O–H groups in total. The minimum atomic E-state index is 0.215. The summed E-state index contributed by atoms with van der Waals surface area (Å²) in [4.78, 5) is 26.9. The van der Waals surface area contributed by atoms with Crippen LogP contribution in [0.2, 0.25) is 0 Å². The fraction of sp³-hybridized carbons (Fsp3) is 0.625. The van der Waals surface area contributed by atoms with Crippen molar-refractivity contribution in [1.29, 1.82) is 0 Å². The molecule has 0 atom stereocenters. The molecule has 14 heteroatoms. The van der Waals surface area contributed by atoms with Gasteiger partial charge in [-0.15, -0.1) is 0 Å². The maximum Gasteiger partial charge on any atom is 0.228 e. The zero-order chi connectivity index (χ0) is 32.7. The van der Waals surface area contributed by atoms with Crippen LogP contribution in [0.4, 0.5) is 23.5 Å². The standard InChI is InChI=1S/C32H50N8O6/c1-41-18-14-39(15-19-42-2)31-35-28-27(29(36-31)33-23-24-8-7-9-26(22-24)46-6)34-32(40(16-20-43-3)17-21-44-4)37-30(28)38-12-10-25(45-5)11-13-38/h7-9,22,25H,10-21,23H2,1-6H3,(H,33,35,36). The van der Waals surface area contributed by atoms with E-state index < -0.39 is 0 Å². The van der Waals surface area contributed by atoms with Gasteiger partial charge in [0.15, 0.2) is 11.6 Å². The SMILES string of the molecule is COCCN(CCOC)c1nc(N2CCC(OC)CC2)c2nc(N(CCOC)CCOC)nc(NCc3cccc(OC)c3)c2n1. The van der Waals surface area contributed by atoms with Crippen molar-refractivity contribution in [2.45, 2.75) is 25.5 Å². The molecule has 3 aromatic rings. The fourth-order valence-corrected chi connectivity index (χ4v) is 5.31. The molecule has 1 fully saturated rings. The molecule has 0 bridgehead atoms. The summed E-state index contributed by atoms with van der Waals surface area (Å²) in [5.41, 5.74) is 2.36. The lowest BCUT2D eigenvalue weighted by atomic mass is 10.1. The molecule has 0 spiro atoms. The van der Waals surface area contributed by atoms with Crippen LogP contribution >= 0.6 is 0 Å². The Morgan fingerprint density at radius 1 is 0.739 bits per heavy atom. The van der Waals surface area contributed by atoms with Crippen LogP contribution in [0, 0.1) is 0 Å². The van der Waals surface area contributed by atoms with E-state index in [0.717, 1.165) is 43.1 Å². The lowest BCUT2D eigenvalue weighted by Gasteiger charge is -2.33. The van der Waals surface area contributed by atoms with Gasteiger partial charge in [-0.05, 0) is 30.5 Å². The van der Waals surface area contributed by atoms with Crippen molar-refractivity contribution in [3.05, 3.63) is 29.8 Å². The molecule has 0 unspecified atom stereocenters. The monoisotopic (exact) mass is 642 g/mol. The third-order valence-corrected chi connectivity index (χ3v) is 8.00. The highest BCUT2D eigenvalue weighted by Gasteiger charge is 2.27. The fourth-order valence-electron chi connectivity index (χ4n) is 5.31. The van der Waals surface area contributed by atoms with Gasteiger partial charge in [-0.2, -0.15) is 9.97 Å². The number of hydrogen-bond donors (Lipinski definition) is 1. The Morgan fingerprint density at radius 3 is 1.85 bits per heavy atom. The summed E-state index contributed by atoms with van der Waals surface area (Å²) >= 11 is 0. The number of rotatable bonds is 20. The van der Waals surface area contributed by atoms with E-state index in [0.29, 0.717) is 87.9 Å². The quantitative estimate of drug-likeness (QED) is 0.194. The van der Waals surface area contributed by atoms with Crippen molar-refractivity contribution >= 4 is 34.6 Å². The van der Waals surface area contributed by atoms with Crippen molar-refractivity contribution in [3.8, 4) is 5.75 Å². The summed E-state index contributed by atoms with van der Waals surface area (Å²) in [6, 6.07) is 7.95. The second-order valence-corrected chi connectivity index (χ2v) is 11.0. The summed E-state index contributed by atoms with van der Waals surface area (Å²) in [5.74, 6) is 3.28. The van der Waals surface area contributed by atoms with Crippen LogP contribution in [0.5, 0.6) is 5.75 Å². The normalized spacial score (nSPS) is 13.7. The van der Waals surface area contributed by atoms with Gasteiger partial charge in [0.25, 0.3) is 0 Å². The van der Waals surface area contributed by atoms with Gasteiger partial charge in [0, 0.05) is 81.4 Å². The zero-order valence-corrected chi connectivity index (χ0v) is 28.2. The Bertz CT molecular complexity index is 1330. The zero-order valence-electron chi connectivity index (χ0n) is 28.2. The number of piperidine rings is 1. The van der Waals surface area contributed by atoms with Crippen molar-refractivity contribution < 1.29 is 28.4 Å². The summed E-state index contributed by atoms with van der Waals surface area (Å²) < 4.78 is 32.9. The van der Waals surface area contributed by atoms with E-state index >= 15 is 0 Å². The topological polar surface area (TPSA) is 129 Å². The third-order valence-electron chi connectivity index (χ3n) is 8.00. The second-order valence-electron chi connectivity index (χ2n) is 11.0. The molecule has 0 amide bonds. The number of hydrogen-bond acceptors (Lipinski definition) is 14. The molecule has 4 rings (SSSR count). The molecule has 1 saturated heterocycles. The predicted octanol–water partition coefficient (Wildman–Crippen LogP) is 2.85. The minimum Gasteiger partial charge on any atom is -0.497 e. The van der Waals surface area contributed by atoms with Crippen LogP contribution in [0.3, 0.4) is 0 Å². The number of aromatic nitrogens is 4. The maximum absolute atomic E-state index is 5.68. The number of fused-ring (bicyclic) bond motifs is 1. The van der Waals surface area contributed by atoms with Gasteiger partial charge in [0.1, 0.15) is 16.8 Å². The average molecular weight is 643 g/mol. The van der Waals surface area contributed by atoms with E-state index in [9.17, 15) is 0 Å². The van der Waals surface area contributed by atoms with Crippen LogP contribution in [0.1, 0.15) is 18.4 Å². The minimum absolute atomic E-state index is 0.215. The molecule has 46 heavy (non-hydrogen) atoms. The van der Waals surface area contributed by atoms with Crippen molar-refractivity contribution in [2.75, 3.05) is 128 Å². The first-order valence-electron chi connectivity index (χ1n) is 15.7. The molecule has 0 aliphatic carbocycles. The number of ether oxygens (including phenoxy) is 6. The molecule has 1 aliphatic heterocycles. The van der Waals surface area contributed by atoms with Crippen LogP contribution in [-0.4, -0.2) is 134 Å². The molecular weight excluding hydrogens is 592 g/mol. The van der Waals surface area contributed by atoms with Crippen molar-refractivity contribution in [2.24, 2.45) is 0 Å². The van der Waals surface area contributed by atoms with Gasteiger partial charge in [-0.25, -0.2) is 9.97 Å². The van der Waals surface area contributed by atoms with Crippen LogP contribution in [-0.2, 0) is 30.2 Å². The average Bonchev–Trinajstić information content (AvgIpc) is 3.10. The molecule has 1 aliphatic rings. The first-order chi connectivity index (χ1) is 22.5. The number of anilines is 4. The summed E-state index contributed by atoms with van der Waals surface area (Å²) in [5, 5.41) is 3.57. The van der Waals surface area contributed by atoms with E-state index in [-0.39, 0.29) is 6.10 Å². The number of nitrogens with zero attached hydrogens (tertiary/aromatic N) is 7. The lowest BCUT2D eigenvalue weighted by molar-refractivity contribution is 0.0818. The van der Waals surface area contributed by atoms with Crippen molar-refractivity contribution in [3.63, 3.8) is 0 Å². The molecular formula is C32H50N8O6. The Morgan fingerprint density at radius 2 is 1.30 bits per heavy atom. The summed E-state index contributed by atoms with van der Waals surface area (Å²) in [6.45, 7) is 6.51. The van der Waals surface area contributed by atoms with E-state index in [1.54, 1.807) is 42.7 Å². The molecule has 1 aromatic carbocycles. The van der Waals surface area contributed by atoms with Crippen molar-refractivity contribution in [1.82, 2.24) is 19.9 Å². The maximum atomic E-state index is 5.68. The van der Waals surface area contributed by atoms with Crippen LogP contribution in [0.25, 0.3) is 11.0 Å². The highest BCUT2D eigenvalue weighted by atomic mass is 16.5. The second kappa shape index (κ2) is 18.6.